The number of amides is 1. The number of benzene rings is 2. The van der Waals surface area contributed by atoms with Crippen molar-refractivity contribution in [3.63, 3.8) is 0 Å². The van der Waals surface area contributed by atoms with Gasteiger partial charge in [0.1, 0.15) is 0 Å². The van der Waals surface area contributed by atoms with Gasteiger partial charge in [-0.2, -0.15) is 0 Å². The third-order valence-electron chi connectivity index (χ3n) is 6.62. The molecule has 1 aromatic heterocycles. The van der Waals surface area contributed by atoms with Crippen LogP contribution in [0.5, 0.6) is 11.5 Å². The van der Waals surface area contributed by atoms with Crippen LogP contribution in [0.15, 0.2) is 36.5 Å². The Balaban J connectivity index is 1.73. The monoisotopic (exact) mass is 477 g/mol. The van der Waals surface area contributed by atoms with Crippen molar-refractivity contribution in [1.29, 1.82) is 0 Å². The predicted molar refractivity (Wildman–Crippen MR) is 140 cm³/mol. The van der Waals surface area contributed by atoms with Crippen LogP contribution in [0.25, 0.3) is 10.9 Å². The van der Waals surface area contributed by atoms with E-state index in [1.165, 1.54) is 11.1 Å². The number of carbonyl (C=O) groups excluding carboxylic acids is 1. The largest absolute Gasteiger partial charge is 0.493 e. The molecule has 1 aliphatic heterocycles. The highest BCUT2D eigenvalue weighted by Crippen LogP contribution is 2.38. The van der Waals surface area contributed by atoms with Gasteiger partial charge in [-0.25, -0.2) is 0 Å². The maximum absolute atomic E-state index is 11.9. The number of nitrogens with zero attached hydrogens (tertiary/aromatic N) is 1. The summed E-state index contributed by atoms with van der Waals surface area (Å²) in [6.07, 6.45) is 4.94. The Bertz CT molecular complexity index is 1190. The molecule has 8 nitrogen and oxygen atoms in total. The molecule has 1 amide bonds. The molecule has 0 radical (unpaired) electrons. The number of methoxy groups -OCH3 is 2. The van der Waals surface area contributed by atoms with E-state index in [9.17, 15) is 4.79 Å². The van der Waals surface area contributed by atoms with E-state index in [0.717, 1.165) is 66.7 Å². The number of hydrogen-bond acceptors (Lipinski definition) is 7. The molecule has 3 aromatic rings. The molecule has 0 spiro atoms. The van der Waals surface area contributed by atoms with Gasteiger partial charge in [0.25, 0.3) is 0 Å². The Morgan fingerprint density at radius 3 is 2.57 bits per heavy atom. The van der Waals surface area contributed by atoms with E-state index in [1.54, 1.807) is 20.4 Å². The summed E-state index contributed by atoms with van der Waals surface area (Å²) in [5.74, 6) is 0.781. The second-order valence-electron chi connectivity index (χ2n) is 8.85. The number of aromatic nitrogens is 1. The number of nitrogens with one attached hydrogen (secondary N) is 3. The quantitative estimate of drug-likeness (QED) is 0.354. The lowest BCUT2D eigenvalue weighted by molar-refractivity contribution is -0.117. The molecular weight excluding hydrogens is 442 g/mol. The highest BCUT2D eigenvalue weighted by Gasteiger charge is 2.18. The van der Waals surface area contributed by atoms with Gasteiger partial charge in [0.15, 0.2) is 11.5 Å². The first-order valence-electron chi connectivity index (χ1n) is 12.2. The maximum atomic E-state index is 11.9. The summed E-state index contributed by atoms with van der Waals surface area (Å²) >= 11 is 0. The van der Waals surface area contributed by atoms with Crippen LogP contribution in [0.1, 0.15) is 36.5 Å². The molecule has 1 fully saturated rings. The van der Waals surface area contributed by atoms with E-state index in [1.807, 2.05) is 12.1 Å². The molecule has 1 aliphatic rings. The van der Waals surface area contributed by atoms with Crippen LogP contribution in [-0.2, 0) is 24.2 Å². The lowest BCUT2D eigenvalue weighted by atomic mass is 10.00. The van der Waals surface area contributed by atoms with Crippen molar-refractivity contribution in [2.24, 2.45) is 5.73 Å². The van der Waals surface area contributed by atoms with Crippen LogP contribution in [0, 0.1) is 0 Å². The first-order chi connectivity index (χ1) is 17.0. The van der Waals surface area contributed by atoms with Crippen LogP contribution in [-0.4, -0.2) is 44.2 Å². The Hall–Kier alpha value is -3.36. The molecule has 0 aliphatic carbocycles. The molecule has 1 saturated heterocycles. The van der Waals surface area contributed by atoms with Gasteiger partial charge in [0.2, 0.25) is 5.91 Å². The fraction of sp³-hybridized carbons (Fsp3) is 0.407. The van der Waals surface area contributed by atoms with E-state index in [0.29, 0.717) is 17.5 Å². The lowest BCUT2D eigenvalue weighted by Crippen LogP contribution is -2.39. The van der Waals surface area contributed by atoms with Crippen LogP contribution in [0.3, 0.4) is 0 Å². The van der Waals surface area contributed by atoms with Crippen molar-refractivity contribution in [2.75, 3.05) is 32.6 Å². The lowest BCUT2D eigenvalue weighted by Gasteiger charge is -2.25. The van der Waals surface area contributed by atoms with E-state index in [-0.39, 0.29) is 6.42 Å². The zero-order chi connectivity index (χ0) is 24.8. The number of hydrogen-bond donors (Lipinski definition) is 4. The molecule has 5 N–H and O–H groups in total. The highest BCUT2D eigenvalue weighted by atomic mass is 16.5. The number of ether oxygens (including phenoxy) is 2. The summed E-state index contributed by atoms with van der Waals surface area (Å²) in [5.41, 5.74) is 11.4. The van der Waals surface area contributed by atoms with Gasteiger partial charge >= 0.3 is 0 Å². The summed E-state index contributed by atoms with van der Waals surface area (Å²) in [7, 11) is 3.20. The van der Waals surface area contributed by atoms with Gasteiger partial charge in [-0.05, 0) is 55.6 Å². The zero-order valence-corrected chi connectivity index (χ0v) is 20.7. The van der Waals surface area contributed by atoms with Crippen molar-refractivity contribution < 1.29 is 14.3 Å². The molecule has 0 saturated carbocycles. The maximum Gasteiger partial charge on any atom is 0.221 e. The van der Waals surface area contributed by atoms with Gasteiger partial charge in [-0.15, -0.1) is 0 Å². The average Bonchev–Trinajstić information content (AvgIpc) is 2.88. The number of carbonyl (C=O) groups is 1. The SMILES string of the molecule is CCc1c(CNC2CCNCC2)cccc1Nc1c(CC(N)=O)cnc2cc(OC)c(OC)cc12. The first-order valence-corrected chi connectivity index (χ1v) is 12.2. The summed E-state index contributed by atoms with van der Waals surface area (Å²) in [4.78, 5) is 16.4. The Kier molecular flexibility index (Phi) is 8.05. The third kappa shape index (κ3) is 5.66. The molecule has 35 heavy (non-hydrogen) atoms. The number of anilines is 2. The fourth-order valence-corrected chi connectivity index (χ4v) is 4.78. The van der Waals surface area contributed by atoms with E-state index >= 15 is 0 Å². The Labute approximate surface area is 206 Å². The second kappa shape index (κ2) is 11.4. The molecule has 4 rings (SSSR count). The number of primary amides is 1. The van der Waals surface area contributed by atoms with Gasteiger partial charge < -0.3 is 31.2 Å². The average molecular weight is 478 g/mol. The van der Waals surface area contributed by atoms with E-state index < -0.39 is 5.91 Å². The van der Waals surface area contributed by atoms with Crippen molar-refractivity contribution in [3.05, 3.63) is 53.2 Å². The Morgan fingerprint density at radius 1 is 1.14 bits per heavy atom. The molecule has 2 heterocycles. The molecule has 0 bridgehead atoms. The van der Waals surface area contributed by atoms with Crippen LogP contribution < -0.4 is 31.2 Å². The molecule has 0 unspecified atom stereocenters. The molecule has 186 valence electrons. The number of piperidine rings is 1. The molecule has 8 heteroatoms. The summed E-state index contributed by atoms with van der Waals surface area (Å²) in [6, 6.07) is 10.6. The van der Waals surface area contributed by atoms with Crippen molar-refractivity contribution in [3.8, 4) is 11.5 Å². The third-order valence-corrected chi connectivity index (χ3v) is 6.62. The van der Waals surface area contributed by atoms with Crippen molar-refractivity contribution in [1.82, 2.24) is 15.6 Å². The van der Waals surface area contributed by atoms with Crippen LogP contribution >= 0.6 is 0 Å². The minimum Gasteiger partial charge on any atom is -0.493 e. The van der Waals surface area contributed by atoms with Gasteiger partial charge in [0, 0.05) is 41.5 Å². The minimum absolute atomic E-state index is 0.0814. The van der Waals surface area contributed by atoms with Crippen LogP contribution in [0.2, 0.25) is 0 Å². The topological polar surface area (TPSA) is 111 Å². The highest BCUT2D eigenvalue weighted by molar-refractivity contribution is 5.98. The normalized spacial score (nSPS) is 14.1. The minimum atomic E-state index is -0.412. The van der Waals surface area contributed by atoms with Gasteiger partial charge in [0.05, 0.1) is 31.8 Å². The summed E-state index contributed by atoms with van der Waals surface area (Å²) in [6.45, 7) is 5.11. The van der Waals surface area contributed by atoms with Gasteiger partial charge in [-0.3, -0.25) is 9.78 Å². The number of nitrogens with two attached hydrogens (primary N) is 1. The molecule has 0 atom stereocenters. The summed E-state index contributed by atoms with van der Waals surface area (Å²) in [5, 5.41) is 11.6. The first kappa shape index (κ1) is 24.8. The predicted octanol–water partition coefficient (Wildman–Crippen LogP) is 3.43. The number of pyridine rings is 1. The van der Waals surface area contributed by atoms with Crippen molar-refractivity contribution in [2.45, 2.75) is 45.2 Å². The van der Waals surface area contributed by atoms with Gasteiger partial charge in [-0.1, -0.05) is 19.1 Å². The van der Waals surface area contributed by atoms with Crippen molar-refractivity contribution >= 4 is 28.2 Å². The second-order valence-corrected chi connectivity index (χ2v) is 8.85. The Morgan fingerprint density at radius 2 is 1.89 bits per heavy atom. The molecule has 2 aromatic carbocycles. The van der Waals surface area contributed by atoms with Crippen LogP contribution in [0.4, 0.5) is 11.4 Å². The fourth-order valence-electron chi connectivity index (χ4n) is 4.78. The van der Waals surface area contributed by atoms with E-state index in [4.69, 9.17) is 15.2 Å². The van der Waals surface area contributed by atoms with E-state index in [2.05, 4.69) is 46.1 Å². The molecular formula is C27H35N5O3. The number of fused-ring (bicyclic) bond motifs is 1. The summed E-state index contributed by atoms with van der Waals surface area (Å²) < 4.78 is 11.0. The standard InChI is InChI=1S/C27H35N5O3/c1-4-20-17(15-30-19-8-10-29-11-9-19)6-5-7-22(20)32-27-18(12-26(28)33)16-31-23-14-25(35-3)24(34-2)13-21(23)27/h5-7,13-14,16,19,29-30H,4,8-12,15H2,1-3H3,(H2,28,33)(H,31,32). The smallest absolute Gasteiger partial charge is 0.221 e. The number of rotatable bonds is 10. The zero-order valence-electron chi connectivity index (χ0n) is 20.7.